The van der Waals surface area contributed by atoms with E-state index in [4.69, 9.17) is 67.6 Å². The fourth-order valence-corrected chi connectivity index (χ4v) is 17.4. The number of fused-ring (bicyclic) bond motifs is 6. The zero-order chi connectivity index (χ0) is 71.7. The molecule has 534 valence electrons. The highest BCUT2D eigenvalue weighted by Crippen LogP contribution is 2.45. The first-order chi connectivity index (χ1) is 50.3. The number of ether oxygens (including phenoxy) is 2. The fraction of sp³-hybridized carbons (Fsp3) is 0.385. The lowest BCUT2D eigenvalue weighted by atomic mass is 9.95. The predicted molar refractivity (Wildman–Crippen MR) is 393 cm³/mol. The third kappa shape index (κ3) is 13.2. The number of hydrogen-bond acceptors (Lipinski definition) is 18. The number of rotatable bonds is 18. The van der Waals surface area contributed by atoms with Crippen LogP contribution in [0.15, 0.2) is 110 Å². The Morgan fingerprint density at radius 2 is 1.13 bits per heavy atom. The quantitative estimate of drug-likeness (QED) is 0.0579. The Kier molecular flexibility index (Phi) is 18.6. The van der Waals surface area contributed by atoms with Crippen LogP contribution in [-0.2, 0) is 16.0 Å². The maximum Gasteiger partial charge on any atom is 0.319 e. The molecule has 104 heavy (non-hydrogen) atoms. The lowest BCUT2D eigenvalue weighted by molar-refractivity contribution is -0.127. The standard InChI is InChI=1S/C78H76Cl2F4N16O4/c1-45-85-26-22-52(88-45)18-20-63(101)97-27-8-14-55(41-97)95(3)73-59-37-87-70(68(84)71(59)91-75(93-73)103-43-77-24-9-28-99(77)39-50(81)35-77)58-16-6-13-49-31-47(33-62(80)66(49)58)32-54-34-53(89-46(2)90-54)19-21-64(102)98-30-23-56(42-98)96(4)74-60-38-86-69(57-15-5-11-48-12-7-17-61(79)65(48)57)67(83)72(60)92-76(94-74)104-44-78-25-10-29-100(78)40-51(82)36-78/h5-7,11-13,15-22,26,31,33-34,37-38,50-51,55-56H,8-10,14,23-25,27-30,32,35-36,39-44H2,1-4H3/b20-18+,21-19+/t50-,51-,55-,56-,77+,78+/m1/s1. The molecular formula is C78H76Cl2F4N16O4. The van der Waals surface area contributed by atoms with E-state index in [9.17, 15) is 14.0 Å². The highest BCUT2D eigenvalue weighted by atomic mass is 35.5. The van der Waals surface area contributed by atoms with E-state index in [-0.39, 0.29) is 71.6 Å². The average Bonchev–Trinajstić information content (AvgIpc) is 0.957. The number of aryl methyl sites for hydroxylation is 2. The first-order valence-electron chi connectivity index (χ1n) is 35.5. The number of nitrogens with zero attached hydrogens (tertiary/aromatic N) is 16. The van der Waals surface area contributed by atoms with Crippen molar-refractivity contribution in [2.75, 3.05) is 89.5 Å². The zero-order valence-electron chi connectivity index (χ0n) is 58.1. The summed E-state index contributed by atoms with van der Waals surface area (Å²) in [6.07, 6.45) is 15.6. The van der Waals surface area contributed by atoms with Crippen LogP contribution in [0.5, 0.6) is 12.0 Å². The van der Waals surface area contributed by atoms with Gasteiger partial charge in [0.05, 0.1) is 33.2 Å². The molecule has 0 spiro atoms. The van der Waals surface area contributed by atoms with E-state index in [1.54, 1.807) is 78.7 Å². The summed E-state index contributed by atoms with van der Waals surface area (Å²) < 4.78 is 78.0. The van der Waals surface area contributed by atoms with Gasteiger partial charge in [-0.1, -0.05) is 77.8 Å². The third-order valence-corrected chi connectivity index (χ3v) is 22.5. The van der Waals surface area contributed by atoms with Gasteiger partial charge in [-0.2, -0.15) is 19.9 Å². The van der Waals surface area contributed by atoms with Gasteiger partial charge in [0.15, 0.2) is 11.6 Å². The van der Waals surface area contributed by atoms with Gasteiger partial charge < -0.3 is 29.1 Å². The number of piperidine rings is 1. The van der Waals surface area contributed by atoms with Gasteiger partial charge in [-0.15, -0.1) is 0 Å². The van der Waals surface area contributed by atoms with Crippen molar-refractivity contribution < 1.29 is 36.6 Å². The Morgan fingerprint density at radius 1 is 0.587 bits per heavy atom. The molecule has 20 nitrogen and oxygen atoms in total. The Hall–Kier alpha value is -9.62. The molecule has 6 saturated heterocycles. The summed E-state index contributed by atoms with van der Waals surface area (Å²) in [7, 11) is 3.73. The molecule has 0 bridgehead atoms. The van der Waals surface area contributed by atoms with E-state index in [2.05, 4.69) is 24.8 Å². The number of amides is 2. The van der Waals surface area contributed by atoms with Gasteiger partial charge in [0.25, 0.3) is 0 Å². The molecule has 0 N–H and O–H groups in total. The van der Waals surface area contributed by atoms with Gasteiger partial charge in [0.1, 0.15) is 71.3 Å². The Labute approximate surface area is 608 Å². The van der Waals surface area contributed by atoms with Crippen LogP contribution in [0.25, 0.3) is 78.0 Å². The SMILES string of the molecule is Cc1nccc(/C=C/C(=O)N2CCC[C@@H](N(C)c3nc(OC[C@@]45CCCN4C[C@H](F)C5)nc4c(F)c(-c5cccc6cc(Cc7cc(/C=C/C(=O)N8CC[C@@H](N(C)c9nc(OC[C@@]%10%11CCCN%10C[C@H](F)C%11)nc%10c(F)c(-c%11cccc%12cccc(Cl)c%11%12)ncc9%10)C8)nc(C)n7)cc(Cl)c56)ncc34)C2)n1. The first-order valence-corrected chi connectivity index (χ1v) is 36.3. The fourth-order valence-electron chi connectivity index (χ4n) is 16.8. The van der Waals surface area contributed by atoms with Crippen molar-refractivity contribution in [3.8, 4) is 34.5 Å². The maximum atomic E-state index is 17.8. The van der Waals surface area contributed by atoms with Crippen molar-refractivity contribution in [2.24, 2.45) is 0 Å². The Balaban J connectivity index is 0.634. The summed E-state index contributed by atoms with van der Waals surface area (Å²) in [5.74, 6) is 0.0735. The smallest absolute Gasteiger partial charge is 0.319 e. The second kappa shape index (κ2) is 28.1. The zero-order valence-corrected chi connectivity index (χ0v) is 59.6. The minimum absolute atomic E-state index is 0.00636. The van der Waals surface area contributed by atoms with Crippen molar-refractivity contribution in [2.45, 2.75) is 114 Å². The number of aromatic nitrogens is 10. The number of benzene rings is 4. The van der Waals surface area contributed by atoms with E-state index in [1.165, 1.54) is 12.2 Å². The molecule has 12 heterocycles. The molecule has 4 aromatic carbocycles. The minimum atomic E-state index is -0.984. The van der Waals surface area contributed by atoms with Gasteiger partial charge in [-0.25, -0.2) is 37.5 Å². The molecule has 6 aliphatic heterocycles. The van der Waals surface area contributed by atoms with Crippen molar-refractivity contribution in [3.05, 3.63) is 166 Å². The number of likely N-dealkylation sites (N-methyl/N-ethyl adjacent to an activating group) is 2. The van der Waals surface area contributed by atoms with Gasteiger partial charge >= 0.3 is 12.0 Å². The van der Waals surface area contributed by atoms with Crippen LogP contribution in [0.1, 0.15) is 92.1 Å². The van der Waals surface area contributed by atoms with Crippen LogP contribution in [0.3, 0.4) is 0 Å². The van der Waals surface area contributed by atoms with Gasteiger partial charge in [-0.3, -0.25) is 29.4 Å². The van der Waals surface area contributed by atoms with Crippen LogP contribution < -0.4 is 19.3 Å². The van der Waals surface area contributed by atoms with Crippen LogP contribution in [-0.4, -0.2) is 196 Å². The lowest BCUT2D eigenvalue weighted by Gasteiger charge is -2.38. The number of likely N-dealkylation sites (tertiary alicyclic amines) is 2. The summed E-state index contributed by atoms with van der Waals surface area (Å²) in [6.45, 7) is 7.74. The van der Waals surface area contributed by atoms with E-state index in [1.807, 2.05) is 78.5 Å². The first kappa shape index (κ1) is 68.8. The van der Waals surface area contributed by atoms with E-state index in [0.717, 1.165) is 61.5 Å². The molecule has 0 radical (unpaired) electrons. The molecule has 16 rings (SSSR count). The van der Waals surface area contributed by atoms with Gasteiger partial charge in [0, 0.05) is 153 Å². The topological polar surface area (TPSA) is 201 Å². The summed E-state index contributed by atoms with van der Waals surface area (Å²) in [5, 5.41) is 4.29. The van der Waals surface area contributed by atoms with E-state index < -0.39 is 35.1 Å². The van der Waals surface area contributed by atoms with Gasteiger partial charge in [-0.05, 0) is 125 Å². The summed E-state index contributed by atoms with van der Waals surface area (Å²) in [4.78, 5) is 86.3. The minimum Gasteiger partial charge on any atom is -0.461 e. The largest absolute Gasteiger partial charge is 0.461 e. The monoisotopic (exact) mass is 1450 g/mol. The molecule has 0 aliphatic carbocycles. The van der Waals surface area contributed by atoms with Crippen LogP contribution >= 0.6 is 23.2 Å². The van der Waals surface area contributed by atoms with Crippen molar-refractivity contribution in [1.29, 1.82) is 0 Å². The average molecular weight is 1450 g/mol. The summed E-state index contributed by atoms with van der Waals surface area (Å²) in [5.41, 5.74) is 2.63. The Morgan fingerprint density at radius 3 is 1.74 bits per heavy atom. The van der Waals surface area contributed by atoms with Crippen molar-refractivity contribution >= 4 is 102 Å². The molecule has 0 saturated carbocycles. The number of halogens is 6. The van der Waals surface area contributed by atoms with Crippen molar-refractivity contribution in [3.63, 3.8) is 0 Å². The van der Waals surface area contributed by atoms with Crippen LogP contribution in [0.4, 0.5) is 29.2 Å². The second-order valence-corrected chi connectivity index (χ2v) is 29.4. The highest BCUT2D eigenvalue weighted by Gasteiger charge is 2.51. The van der Waals surface area contributed by atoms with Crippen LogP contribution in [0, 0.1) is 25.5 Å². The molecule has 6 fully saturated rings. The molecule has 26 heteroatoms. The van der Waals surface area contributed by atoms with Crippen LogP contribution in [0.2, 0.25) is 10.0 Å². The second-order valence-electron chi connectivity index (χ2n) is 28.6. The number of carbonyl (C=O) groups is 2. The molecular weight excluding hydrogens is 1370 g/mol. The molecule has 6 aromatic heterocycles. The molecule has 6 aliphatic rings. The number of hydrogen-bond donors (Lipinski definition) is 0. The number of carbonyl (C=O) groups excluding carboxylic acids is 2. The molecule has 6 atom stereocenters. The third-order valence-electron chi connectivity index (χ3n) is 21.9. The summed E-state index contributed by atoms with van der Waals surface area (Å²) in [6, 6.07) is 23.4. The summed E-state index contributed by atoms with van der Waals surface area (Å²) >= 11 is 14.0. The molecule has 10 aromatic rings. The van der Waals surface area contributed by atoms with E-state index >= 15 is 13.2 Å². The van der Waals surface area contributed by atoms with Gasteiger partial charge in [0.2, 0.25) is 11.8 Å². The lowest BCUT2D eigenvalue weighted by Crippen LogP contribution is -2.48. The normalized spacial score (nSPS) is 22.1. The maximum absolute atomic E-state index is 17.8. The van der Waals surface area contributed by atoms with E-state index in [0.29, 0.717) is 154 Å². The molecule has 0 unspecified atom stereocenters. The number of alkyl halides is 2. The van der Waals surface area contributed by atoms with Crippen molar-refractivity contribution in [1.82, 2.24) is 69.4 Å². The number of anilines is 2. The predicted octanol–water partition coefficient (Wildman–Crippen LogP) is 13.2. The number of pyridine rings is 2. The Bertz CT molecular complexity index is 5130. The molecule has 2 amide bonds. The highest BCUT2D eigenvalue weighted by molar-refractivity contribution is 6.37.